The molecule has 1 aromatic rings. The summed E-state index contributed by atoms with van der Waals surface area (Å²) in [5.41, 5.74) is 6.57. The molecule has 0 radical (unpaired) electrons. The summed E-state index contributed by atoms with van der Waals surface area (Å²) in [5, 5.41) is 0. The molecule has 1 fully saturated rings. The molecule has 0 aromatic heterocycles. The monoisotopic (exact) mass is 264 g/mol. The maximum absolute atomic E-state index is 14.1. The summed E-state index contributed by atoms with van der Waals surface area (Å²) in [7, 11) is 0. The molecular formula is C16H25FN2. The number of likely N-dealkylation sites (tertiary alicyclic amines) is 1. The smallest absolute Gasteiger partial charge is 0.128 e. The Morgan fingerprint density at radius 3 is 2.53 bits per heavy atom. The third-order valence-corrected chi connectivity index (χ3v) is 4.29. The molecule has 2 N–H and O–H groups in total. The quantitative estimate of drug-likeness (QED) is 0.884. The second-order valence-electron chi connectivity index (χ2n) is 5.81. The van der Waals surface area contributed by atoms with E-state index in [-0.39, 0.29) is 11.9 Å². The van der Waals surface area contributed by atoms with Crippen LogP contribution in [-0.2, 0) is 5.54 Å². The molecule has 0 saturated carbocycles. The van der Waals surface area contributed by atoms with Crippen molar-refractivity contribution in [3.63, 3.8) is 0 Å². The topological polar surface area (TPSA) is 29.3 Å². The molecule has 0 bridgehead atoms. The third kappa shape index (κ3) is 2.98. The molecule has 3 heteroatoms. The van der Waals surface area contributed by atoms with Gasteiger partial charge in [-0.3, -0.25) is 4.90 Å². The van der Waals surface area contributed by atoms with Gasteiger partial charge in [0.05, 0.1) is 5.54 Å². The van der Waals surface area contributed by atoms with Crippen molar-refractivity contribution in [1.82, 2.24) is 4.90 Å². The predicted molar refractivity (Wildman–Crippen MR) is 77.4 cm³/mol. The SMILES string of the molecule is CCCC(N1CCCC1)C(C)(N)c1ccccc1F. The van der Waals surface area contributed by atoms with Crippen LogP contribution in [0.4, 0.5) is 4.39 Å². The number of benzene rings is 1. The molecule has 106 valence electrons. The molecule has 1 heterocycles. The van der Waals surface area contributed by atoms with E-state index in [2.05, 4.69) is 11.8 Å². The Morgan fingerprint density at radius 1 is 1.32 bits per heavy atom. The molecule has 1 saturated heterocycles. The highest BCUT2D eigenvalue weighted by Gasteiger charge is 2.38. The van der Waals surface area contributed by atoms with Crippen molar-refractivity contribution in [2.45, 2.75) is 51.1 Å². The average Bonchev–Trinajstić information content (AvgIpc) is 2.89. The van der Waals surface area contributed by atoms with E-state index in [0.29, 0.717) is 5.56 Å². The minimum absolute atomic E-state index is 0.187. The lowest BCUT2D eigenvalue weighted by atomic mass is 9.82. The van der Waals surface area contributed by atoms with E-state index in [0.717, 1.165) is 25.9 Å². The van der Waals surface area contributed by atoms with Crippen molar-refractivity contribution in [2.24, 2.45) is 5.73 Å². The summed E-state index contributed by atoms with van der Waals surface area (Å²) in [5.74, 6) is -0.187. The average molecular weight is 264 g/mol. The third-order valence-electron chi connectivity index (χ3n) is 4.29. The van der Waals surface area contributed by atoms with E-state index >= 15 is 0 Å². The van der Waals surface area contributed by atoms with Gasteiger partial charge >= 0.3 is 0 Å². The van der Waals surface area contributed by atoms with Crippen LogP contribution in [0.1, 0.15) is 45.1 Å². The molecule has 0 aliphatic carbocycles. The van der Waals surface area contributed by atoms with E-state index < -0.39 is 5.54 Å². The molecule has 2 unspecified atom stereocenters. The Morgan fingerprint density at radius 2 is 1.95 bits per heavy atom. The molecule has 19 heavy (non-hydrogen) atoms. The summed E-state index contributed by atoms with van der Waals surface area (Å²) >= 11 is 0. The molecule has 2 atom stereocenters. The summed E-state index contributed by atoms with van der Waals surface area (Å²) in [6.45, 7) is 6.32. The van der Waals surface area contributed by atoms with E-state index in [1.807, 2.05) is 19.1 Å². The number of hydrogen-bond donors (Lipinski definition) is 1. The van der Waals surface area contributed by atoms with E-state index in [1.54, 1.807) is 6.07 Å². The van der Waals surface area contributed by atoms with Gasteiger partial charge in [-0.25, -0.2) is 4.39 Å². The summed E-state index contributed by atoms with van der Waals surface area (Å²) in [6, 6.07) is 7.15. The highest BCUT2D eigenvalue weighted by Crippen LogP contribution is 2.32. The van der Waals surface area contributed by atoms with E-state index in [1.165, 1.54) is 18.9 Å². The van der Waals surface area contributed by atoms with Crippen molar-refractivity contribution in [3.8, 4) is 0 Å². The van der Waals surface area contributed by atoms with Gasteiger partial charge in [-0.1, -0.05) is 31.5 Å². The molecule has 1 aromatic carbocycles. The molecule has 2 nitrogen and oxygen atoms in total. The first kappa shape index (κ1) is 14.5. The Labute approximate surface area is 115 Å². The second kappa shape index (κ2) is 6.02. The van der Waals surface area contributed by atoms with Gasteiger partial charge in [0.25, 0.3) is 0 Å². The number of nitrogens with two attached hydrogens (primary N) is 1. The van der Waals surface area contributed by atoms with Gasteiger partial charge in [0.1, 0.15) is 5.82 Å². The van der Waals surface area contributed by atoms with Crippen LogP contribution in [0.5, 0.6) is 0 Å². The maximum Gasteiger partial charge on any atom is 0.128 e. The van der Waals surface area contributed by atoms with Gasteiger partial charge in [0, 0.05) is 11.6 Å². The lowest BCUT2D eigenvalue weighted by Gasteiger charge is -2.40. The molecular weight excluding hydrogens is 239 g/mol. The van der Waals surface area contributed by atoms with Crippen molar-refractivity contribution < 1.29 is 4.39 Å². The minimum Gasteiger partial charge on any atom is -0.320 e. The second-order valence-corrected chi connectivity index (χ2v) is 5.81. The fourth-order valence-electron chi connectivity index (χ4n) is 3.27. The highest BCUT2D eigenvalue weighted by molar-refractivity contribution is 5.27. The summed E-state index contributed by atoms with van der Waals surface area (Å²) in [4.78, 5) is 2.44. The van der Waals surface area contributed by atoms with Crippen molar-refractivity contribution in [1.29, 1.82) is 0 Å². The Bertz CT molecular complexity index is 411. The van der Waals surface area contributed by atoms with Gasteiger partial charge in [-0.05, 0) is 45.3 Å². The number of hydrogen-bond acceptors (Lipinski definition) is 2. The van der Waals surface area contributed by atoms with Crippen LogP contribution < -0.4 is 5.73 Å². The van der Waals surface area contributed by atoms with Crippen molar-refractivity contribution >= 4 is 0 Å². The summed E-state index contributed by atoms with van der Waals surface area (Å²) in [6.07, 6.45) is 4.55. The Balaban J connectivity index is 2.30. The van der Waals surface area contributed by atoms with Gasteiger partial charge in [0.15, 0.2) is 0 Å². The Hall–Kier alpha value is -0.930. The zero-order valence-electron chi connectivity index (χ0n) is 12.0. The molecule has 1 aliphatic heterocycles. The van der Waals surface area contributed by atoms with Gasteiger partial charge < -0.3 is 5.73 Å². The predicted octanol–water partition coefficient (Wildman–Crippen LogP) is 3.26. The first-order valence-electron chi connectivity index (χ1n) is 7.35. The fraction of sp³-hybridized carbons (Fsp3) is 0.625. The van der Waals surface area contributed by atoms with Gasteiger partial charge in [0.2, 0.25) is 0 Å². The van der Waals surface area contributed by atoms with Crippen LogP contribution in [0, 0.1) is 5.82 Å². The maximum atomic E-state index is 14.1. The first-order chi connectivity index (χ1) is 9.07. The largest absolute Gasteiger partial charge is 0.320 e. The molecule has 1 aliphatic rings. The lowest BCUT2D eigenvalue weighted by molar-refractivity contribution is 0.143. The van der Waals surface area contributed by atoms with Crippen LogP contribution in [0.25, 0.3) is 0 Å². The van der Waals surface area contributed by atoms with Gasteiger partial charge in [-0.15, -0.1) is 0 Å². The standard InChI is InChI=1S/C16H25FN2/c1-3-8-15(19-11-6-7-12-19)16(2,18)13-9-4-5-10-14(13)17/h4-5,9-10,15H,3,6-8,11-12,18H2,1-2H3. The number of halogens is 1. The molecule has 2 rings (SSSR count). The van der Waals surface area contributed by atoms with Crippen LogP contribution in [0.3, 0.4) is 0 Å². The van der Waals surface area contributed by atoms with Crippen LogP contribution >= 0.6 is 0 Å². The van der Waals surface area contributed by atoms with E-state index in [4.69, 9.17) is 5.73 Å². The molecule has 0 amide bonds. The molecule has 0 spiro atoms. The van der Waals surface area contributed by atoms with Crippen LogP contribution in [-0.4, -0.2) is 24.0 Å². The summed E-state index contributed by atoms with van der Waals surface area (Å²) < 4.78 is 14.1. The van der Waals surface area contributed by atoms with Crippen molar-refractivity contribution in [2.75, 3.05) is 13.1 Å². The Kier molecular flexibility index (Phi) is 4.58. The van der Waals surface area contributed by atoms with E-state index in [9.17, 15) is 4.39 Å². The lowest BCUT2D eigenvalue weighted by Crippen LogP contribution is -2.54. The minimum atomic E-state index is -0.633. The van der Waals surface area contributed by atoms with Crippen LogP contribution in [0.15, 0.2) is 24.3 Å². The zero-order valence-corrected chi connectivity index (χ0v) is 12.0. The van der Waals surface area contributed by atoms with Crippen LogP contribution in [0.2, 0.25) is 0 Å². The highest BCUT2D eigenvalue weighted by atomic mass is 19.1. The normalized spacial score (nSPS) is 21.3. The zero-order chi connectivity index (χ0) is 13.9. The fourth-order valence-corrected chi connectivity index (χ4v) is 3.27. The van der Waals surface area contributed by atoms with Crippen molar-refractivity contribution in [3.05, 3.63) is 35.6 Å². The number of rotatable bonds is 5. The number of nitrogens with zero attached hydrogens (tertiary/aromatic N) is 1. The first-order valence-corrected chi connectivity index (χ1v) is 7.35. The van der Waals surface area contributed by atoms with Gasteiger partial charge in [-0.2, -0.15) is 0 Å².